The zero-order chi connectivity index (χ0) is 10.4. The average Bonchev–Trinajstić information content (AvgIpc) is 2.16. The minimum Gasteiger partial charge on any atom is -0.351 e. The SMILES string of the molecule is NC(=O)Nc1ccccc1/C=C/C=O. The Morgan fingerprint density at radius 2 is 2.07 bits per heavy atom. The summed E-state index contributed by atoms with van der Waals surface area (Å²) in [6.45, 7) is 0. The highest BCUT2D eigenvalue weighted by molar-refractivity contribution is 5.91. The lowest BCUT2D eigenvalue weighted by Gasteiger charge is -2.04. The number of anilines is 1. The number of urea groups is 1. The Labute approximate surface area is 81.4 Å². The molecule has 0 aliphatic carbocycles. The summed E-state index contributed by atoms with van der Waals surface area (Å²) in [7, 11) is 0. The van der Waals surface area contributed by atoms with Crippen LogP contribution in [0.25, 0.3) is 6.08 Å². The second-order valence-corrected chi connectivity index (χ2v) is 2.57. The monoisotopic (exact) mass is 190 g/mol. The fraction of sp³-hybridized carbons (Fsp3) is 0. The van der Waals surface area contributed by atoms with Crippen LogP contribution in [0.15, 0.2) is 30.3 Å². The van der Waals surface area contributed by atoms with Gasteiger partial charge in [0.25, 0.3) is 0 Å². The molecule has 1 rings (SSSR count). The molecule has 0 radical (unpaired) electrons. The number of aldehydes is 1. The molecule has 0 atom stereocenters. The van der Waals surface area contributed by atoms with Crippen molar-refractivity contribution >= 4 is 24.1 Å². The highest BCUT2D eigenvalue weighted by Crippen LogP contribution is 2.15. The number of primary amides is 1. The van der Waals surface area contributed by atoms with Gasteiger partial charge >= 0.3 is 6.03 Å². The second kappa shape index (κ2) is 4.81. The zero-order valence-corrected chi connectivity index (χ0v) is 7.44. The molecule has 14 heavy (non-hydrogen) atoms. The van der Waals surface area contributed by atoms with Crippen LogP contribution in [0.5, 0.6) is 0 Å². The maximum atomic E-state index is 10.6. The van der Waals surface area contributed by atoms with Gasteiger partial charge in [-0.1, -0.05) is 18.2 Å². The van der Waals surface area contributed by atoms with Gasteiger partial charge in [0, 0.05) is 5.69 Å². The van der Waals surface area contributed by atoms with Gasteiger partial charge in [0.2, 0.25) is 0 Å². The Morgan fingerprint density at radius 1 is 1.36 bits per heavy atom. The van der Waals surface area contributed by atoms with E-state index in [2.05, 4.69) is 5.32 Å². The van der Waals surface area contributed by atoms with Gasteiger partial charge in [0.05, 0.1) is 0 Å². The Balaban J connectivity index is 2.96. The highest BCUT2D eigenvalue weighted by atomic mass is 16.2. The van der Waals surface area contributed by atoms with Gasteiger partial charge < -0.3 is 11.1 Å². The molecule has 0 aliphatic heterocycles. The van der Waals surface area contributed by atoms with E-state index >= 15 is 0 Å². The van der Waals surface area contributed by atoms with Gasteiger partial charge in [-0.25, -0.2) is 4.79 Å². The largest absolute Gasteiger partial charge is 0.351 e. The third-order valence-corrected chi connectivity index (χ3v) is 1.57. The molecule has 0 aliphatic rings. The fourth-order valence-electron chi connectivity index (χ4n) is 1.03. The van der Waals surface area contributed by atoms with E-state index in [9.17, 15) is 9.59 Å². The second-order valence-electron chi connectivity index (χ2n) is 2.57. The molecule has 4 heteroatoms. The van der Waals surface area contributed by atoms with Gasteiger partial charge in [-0.3, -0.25) is 4.79 Å². The smallest absolute Gasteiger partial charge is 0.316 e. The predicted octanol–water partition coefficient (Wildman–Crippen LogP) is 1.39. The Kier molecular flexibility index (Phi) is 3.43. The minimum atomic E-state index is -0.628. The number of amides is 2. The van der Waals surface area contributed by atoms with Crippen LogP contribution in [0.4, 0.5) is 10.5 Å². The lowest BCUT2D eigenvalue weighted by Crippen LogP contribution is -2.19. The van der Waals surface area contributed by atoms with Crippen LogP contribution in [-0.4, -0.2) is 12.3 Å². The van der Waals surface area contributed by atoms with Crippen LogP contribution in [0, 0.1) is 0 Å². The summed E-state index contributed by atoms with van der Waals surface area (Å²) in [4.78, 5) is 20.7. The number of carbonyl (C=O) groups excluding carboxylic acids is 2. The van der Waals surface area contributed by atoms with Crippen molar-refractivity contribution in [1.82, 2.24) is 0 Å². The van der Waals surface area contributed by atoms with E-state index in [4.69, 9.17) is 5.73 Å². The number of rotatable bonds is 3. The standard InChI is InChI=1S/C10H10N2O2/c11-10(14)12-9-6-2-1-4-8(9)5-3-7-13/h1-7H,(H3,11,12,14)/b5-3+. The first kappa shape index (κ1) is 9.98. The third kappa shape index (κ3) is 2.75. The number of hydrogen-bond donors (Lipinski definition) is 2. The quantitative estimate of drug-likeness (QED) is 0.558. The zero-order valence-electron chi connectivity index (χ0n) is 7.44. The van der Waals surface area contributed by atoms with E-state index in [-0.39, 0.29) is 0 Å². The van der Waals surface area contributed by atoms with E-state index in [0.29, 0.717) is 12.0 Å². The summed E-state index contributed by atoms with van der Waals surface area (Å²) in [6.07, 6.45) is 3.61. The first-order valence-corrected chi connectivity index (χ1v) is 4.01. The van der Waals surface area contributed by atoms with Crippen LogP contribution in [-0.2, 0) is 4.79 Å². The van der Waals surface area contributed by atoms with Gasteiger partial charge in [-0.15, -0.1) is 0 Å². The van der Waals surface area contributed by atoms with E-state index in [1.807, 2.05) is 0 Å². The summed E-state index contributed by atoms with van der Waals surface area (Å²) in [6, 6.07) is 6.41. The molecule has 0 aromatic heterocycles. The van der Waals surface area contributed by atoms with Crippen molar-refractivity contribution in [2.45, 2.75) is 0 Å². The van der Waals surface area contributed by atoms with Crippen LogP contribution in [0.2, 0.25) is 0 Å². The maximum absolute atomic E-state index is 10.6. The van der Waals surface area contributed by atoms with Crippen LogP contribution >= 0.6 is 0 Å². The molecule has 0 unspecified atom stereocenters. The van der Waals surface area contributed by atoms with E-state index in [1.54, 1.807) is 30.3 Å². The van der Waals surface area contributed by atoms with Crippen LogP contribution in [0.1, 0.15) is 5.56 Å². The molecule has 1 aromatic rings. The molecule has 0 spiro atoms. The lowest BCUT2D eigenvalue weighted by molar-refractivity contribution is -0.104. The molecule has 0 saturated heterocycles. The number of nitrogens with two attached hydrogens (primary N) is 1. The van der Waals surface area contributed by atoms with Crippen molar-refractivity contribution < 1.29 is 9.59 Å². The molecule has 0 fully saturated rings. The topological polar surface area (TPSA) is 72.2 Å². The first-order valence-electron chi connectivity index (χ1n) is 4.01. The number of benzene rings is 1. The minimum absolute atomic E-state index is 0.582. The Bertz CT molecular complexity index is 372. The van der Waals surface area contributed by atoms with Crippen molar-refractivity contribution in [1.29, 1.82) is 0 Å². The Hall–Kier alpha value is -2.10. The summed E-state index contributed by atoms with van der Waals surface area (Å²) in [5.74, 6) is 0. The molecule has 3 N–H and O–H groups in total. The van der Waals surface area contributed by atoms with E-state index < -0.39 is 6.03 Å². The maximum Gasteiger partial charge on any atom is 0.316 e. The molecule has 1 aromatic carbocycles. The number of hydrogen-bond acceptors (Lipinski definition) is 2. The average molecular weight is 190 g/mol. The molecular weight excluding hydrogens is 180 g/mol. The van der Waals surface area contributed by atoms with Crippen molar-refractivity contribution in [3.05, 3.63) is 35.9 Å². The molecule has 72 valence electrons. The number of nitrogens with one attached hydrogen (secondary N) is 1. The van der Waals surface area contributed by atoms with Crippen molar-refractivity contribution in [3.8, 4) is 0 Å². The first-order chi connectivity index (χ1) is 6.74. The number of carbonyl (C=O) groups is 2. The summed E-state index contributed by atoms with van der Waals surface area (Å²) in [5, 5.41) is 2.45. The lowest BCUT2D eigenvalue weighted by atomic mass is 10.1. The molecule has 0 heterocycles. The summed E-state index contributed by atoms with van der Waals surface area (Å²) >= 11 is 0. The van der Waals surface area contributed by atoms with Crippen LogP contribution in [0.3, 0.4) is 0 Å². The third-order valence-electron chi connectivity index (χ3n) is 1.57. The number of allylic oxidation sites excluding steroid dienone is 1. The predicted molar refractivity (Wildman–Crippen MR) is 54.7 cm³/mol. The normalized spacial score (nSPS) is 10.0. The molecule has 0 saturated carbocycles. The molecule has 4 nitrogen and oxygen atoms in total. The van der Waals surface area contributed by atoms with Crippen molar-refractivity contribution in [2.24, 2.45) is 5.73 Å². The van der Waals surface area contributed by atoms with Crippen molar-refractivity contribution in [3.63, 3.8) is 0 Å². The summed E-state index contributed by atoms with van der Waals surface area (Å²) in [5.41, 5.74) is 6.29. The van der Waals surface area contributed by atoms with E-state index in [1.165, 1.54) is 6.08 Å². The van der Waals surface area contributed by atoms with Crippen LogP contribution < -0.4 is 11.1 Å². The van der Waals surface area contributed by atoms with Gasteiger partial charge in [0.1, 0.15) is 6.29 Å². The van der Waals surface area contributed by atoms with E-state index in [0.717, 1.165) is 5.56 Å². The molecule has 2 amide bonds. The van der Waals surface area contributed by atoms with Gasteiger partial charge in [-0.2, -0.15) is 0 Å². The van der Waals surface area contributed by atoms with Crippen molar-refractivity contribution in [2.75, 3.05) is 5.32 Å². The Morgan fingerprint density at radius 3 is 2.71 bits per heavy atom. The van der Waals surface area contributed by atoms with Gasteiger partial charge in [0.15, 0.2) is 0 Å². The van der Waals surface area contributed by atoms with Gasteiger partial charge in [-0.05, 0) is 23.8 Å². The fourth-order valence-corrected chi connectivity index (χ4v) is 1.03. The summed E-state index contributed by atoms with van der Waals surface area (Å²) < 4.78 is 0. The number of para-hydroxylation sites is 1. The highest BCUT2D eigenvalue weighted by Gasteiger charge is 1.99. The molecular formula is C10H10N2O2. The molecule has 0 bridgehead atoms.